The lowest BCUT2D eigenvalue weighted by Gasteiger charge is -2.22. The highest BCUT2D eigenvalue weighted by atomic mass is 79.9. The highest BCUT2D eigenvalue weighted by Gasteiger charge is 2.27. The number of nitrogens with zero attached hydrogens (tertiary/aromatic N) is 1. The summed E-state index contributed by atoms with van der Waals surface area (Å²) in [5, 5.41) is 0. The molecule has 1 aromatic carbocycles. The van der Waals surface area contributed by atoms with Gasteiger partial charge in [0.05, 0.1) is 5.56 Å². The number of hydrogen-bond donors (Lipinski definition) is 0. The highest BCUT2D eigenvalue weighted by Crippen LogP contribution is 2.25. The minimum atomic E-state index is 0.153. The lowest BCUT2D eigenvalue weighted by Crippen LogP contribution is -2.33. The zero-order valence-electron chi connectivity index (χ0n) is 9.66. The first-order valence-corrected chi connectivity index (χ1v) is 6.46. The van der Waals surface area contributed by atoms with Crippen LogP contribution < -0.4 is 0 Å². The standard InChI is InChI=1S/C13H16BrNO/c1-9-5-3-7-11(12(9)14)13(16)15-8-4-6-10(15)2/h3,5,7,10H,4,6,8H2,1-2H3. The van der Waals surface area contributed by atoms with Crippen LogP contribution in [0, 0.1) is 6.92 Å². The Kier molecular flexibility index (Phi) is 3.33. The van der Waals surface area contributed by atoms with Crippen molar-refractivity contribution in [2.45, 2.75) is 32.7 Å². The Hall–Kier alpha value is -0.830. The molecule has 0 spiro atoms. The van der Waals surface area contributed by atoms with Gasteiger partial charge in [-0.2, -0.15) is 0 Å². The van der Waals surface area contributed by atoms with E-state index in [2.05, 4.69) is 22.9 Å². The van der Waals surface area contributed by atoms with Crippen LogP contribution in [-0.4, -0.2) is 23.4 Å². The van der Waals surface area contributed by atoms with Crippen LogP contribution in [0.15, 0.2) is 22.7 Å². The van der Waals surface area contributed by atoms with Crippen molar-refractivity contribution in [3.63, 3.8) is 0 Å². The normalized spacial score (nSPS) is 20.2. The van der Waals surface area contributed by atoms with E-state index < -0.39 is 0 Å². The summed E-state index contributed by atoms with van der Waals surface area (Å²) in [4.78, 5) is 14.3. The number of rotatable bonds is 1. The molecule has 1 amide bonds. The van der Waals surface area contributed by atoms with Crippen molar-refractivity contribution in [3.8, 4) is 0 Å². The molecule has 0 radical (unpaired) electrons. The van der Waals surface area contributed by atoms with E-state index in [1.165, 1.54) is 0 Å². The summed E-state index contributed by atoms with van der Waals surface area (Å²) < 4.78 is 0.930. The molecule has 1 aliphatic heterocycles. The first-order chi connectivity index (χ1) is 7.61. The second-order valence-electron chi connectivity index (χ2n) is 4.43. The van der Waals surface area contributed by atoms with E-state index in [1.807, 2.05) is 30.0 Å². The van der Waals surface area contributed by atoms with Gasteiger partial charge in [0.25, 0.3) is 5.91 Å². The second-order valence-corrected chi connectivity index (χ2v) is 5.22. The maximum Gasteiger partial charge on any atom is 0.255 e. The van der Waals surface area contributed by atoms with Gasteiger partial charge in [0.1, 0.15) is 0 Å². The third kappa shape index (κ3) is 2.01. The van der Waals surface area contributed by atoms with Crippen LogP contribution in [0.1, 0.15) is 35.7 Å². The molecule has 86 valence electrons. The van der Waals surface area contributed by atoms with Gasteiger partial charge >= 0.3 is 0 Å². The van der Waals surface area contributed by atoms with E-state index in [4.69, 9.17) is 0 Å². The number of halogens is 1. The number of carbonyl (C=O) groups excluding carboxylic acids is 1. The van der Waals surface area contributed by atoms with Gasteiger partial charge in [0, 0.05) is 17.1 Å². The van der Waals surface area contributed by atoms with Crippen molar-refractivity contribution in [1.29, 1.82) is 0 Å². The molecule has 3 heteroatoms. The molecule has 1 heterocycles. The number of carbonyl (C=O) groups is 1. The van der Waals surface area contributed by atoms with Gasteiger partial charge in [-0.25, -0.2) is 0 Å². The van der Waals surface area contributed by atoms with E-state index in [0.717, 1.165) is 35.0 Å². The second kappa shape index (κ2) is 4.58. The summed E-state index contributed by atoms with van der Waals surface area (Å²) in [5.41, 5.74) is 1.89. The van der Waals surface area contributed by atoms with E-state index in [-0.39, 0.29) is 5.91 Å². The van der Waals surface area contributed by atoms with E-state index in [9.17, 15) is 4.79 Å². The zero-order chi connectivity index (χ0) is 11.7. The predicted octanol–water partition coefficient (Wildman–Crippen LogP) is 3.38. The minimum absolute atomic E-state index is 0.153. The number of likely N-dealkylation sites (tertiary alicyclic amines) is 1. The van der Waals surface area contributed by atoms with E-state index in [0.29, 0.717) is 6.04 Å². The van der Waals surface area contributed by atoms with Gasteiger partial charge in [-0.05, 0) is 54.2 Å². The first kappa shape index (κ1) is 11.6. The van der Waals surface area contributed by atoms with E-state index >= 15 is 0 Å². The van der Waals surface area contributed by atoms with Crippen molar-refractivity contribution >= 4 is 21.8 Å². The molecule has 1 saturated heterocycles. The Morgan fingerprint density at radius 2 is 2.25 bits per heavy atom. The lowest BCUT2D eigenvalue weighted by molar-refractivity contribution is 0.0746. The number of hydrogen-bond acceptors (Lipinski definition) is 1. The maximum atomic E-state index is 12.3. The highest BCUT2D eigenvalue weighted by molar-refractivity contribution is 9.10. The molecule has 0 bridgehead atoms. The van der Waals surface area contributed by atoms with E-state index in [1.54, 1.807) is 0 Å². The predicted molar refractivity (Wildman–Crippen MR) is 68.6 cm³/mol. The Bertz CT molecular complexity index is 416. The Labute approximate surface area is 105 Å². The molecular weight excluding hydrogens is 266 g/mol. The minimum Gasteiger partial charge on any atom is -0.336 e. The van der Waals surface area contributed by atoms with Crippen LogP contribution >= 0.6 is 15.9 Å². The van der Waals surface area contributed by atoms with Crippen molar-refractivity contribution in [2.24, 2.45) is 0 Å². The molecule has 1 aliphatic rings. The SMILES string of the molecule is Cc1cccc(C(=O)N2CCCC2C)c1Br. The summed E-state index contributed by atoms with van der Waals surface area (Å²) >= 11 is 3.50. The molecule has 1 aromatic rings. The fourth-order valence-corrected chi connectivity index (χ4v) is 2.64. The molecule has 1 unspecified atom stereocenters. The van der Waals surface area contributed by atoms with Gasteiger partial charge in [-0.3, -0.25) is 4.79 Å². The van der Waals surface area contributed by atoms with Gasteiger partial charge in [-0.1, -0.05) is 12.1 Å². The first-order valence-electron chi connectivity index (χ1n) is 5.67. The summed E-state index contributed by atoms with van der Waals surface area (Å²) in [5.74, 6) is 0.153. The number of benzene rings is 1. The zero-order valence-corrected chi connectivity index (χ0v) is 11.3. The lowest BCUT2D eigenvalue weighted by atomic mass is 10.1. The van der Waals surface area contributed by atoms with Crippen LogP contribution in [0.2, 0.25) is 0 Å². The third-order valence-electron chi connectivity index (χ3n) is 3.24. The molecule has 1 atom stereocenters. The summed E-state index contributed by atoms with van der Waals surface area (Å²) in [7, 11) is 0. The molecule has 1 fully saturated rings. The monoisotopic (exact) mass is 281 g/mol. The molecule has 0 N–H and O–H groups in total. The van der Waals surface area contributed by atoms with Crippen molar-refractivity contribution < 1.29 is 4.79 Å². The van der Waals surface area contributed by atoms with Crippen molar-refractivity contribution in [2.75, 3.05) is 6.54 Å². The van der Waals surface area contributed by atoms with Crippen molar-refractivity contribution in [3.05, 3.63) is 33.8 Å². The Morgan fingerprint density at radius 1 is 1.50 bits per heavy atom. The van der Waals surface area contributed by atoms with Gasteiger partial charge in [0.15, 0.2) is 0 Å². The topological polar surface area (TPSA) is 20.3 Å². The van der Waals surface area contributed by atoms with Crippen LogP contribution in [0.5, 0.6) is 0 Å². The molecule has 0 aromatic heterocycles. The van der Waals surface area contributed by atoms with Gasteiger partial charge in [-0.15, -0.1) is 0 Å². The average Bonchev–Trinajstić information content (AvgIpc) is 2.68. The van der Waals surface area contributed by atoms with Crippen LogP contribution in [0.4, 0.5) is 0 Å². The molecule has 0 saturated carbocycles. The molecule has 0 aliphatic carbocycles. The quantitative estimate of drug-likeness (QED) is 0.773. The molecule has 2 rings (SSSR count). The third-order valence-corrected chi connectivity index (χ3v) is 4.29. The summed E-state index contributed by atoms with van der Waals surface area (Å²) in [6.07, 6.45) is 2.24. The molecular formula is C13H16BrNO. The largest absolute Gasteiger partial charge is 0.336 e. The Balaban J connectivity index is 2.30. The van der Waals surface area contributed by atoms with Gasteiger partial charge in [0.2, 0.25) is 0 Å². The average molecular weight is 282 g/mol. The van der Waals surface area contributed by atoms with Crippen LogP contribution in [-0.2, 0) is 0 Å². The summed E-state index contributed by atoms with van der Waals surface area (Å²) in [6, 6.07) is 6.21. The smallest absolute Gasteiger partial charge is 0.255 e. The molecule has 16 heavy (non-hydrogen) atoms. The van der Waals surface area contributed by atoms with Crippen LogP contribution in [0.3, 0.4) is 0 Å². The molecule has 2 nitrogen and oxygen atoms in total. The fourth-order valence-electron chi connectivity index (χ4n) is 2.20. The van der Waals surface area contributed by atoms with Crippen molar-refractivity contribution in [1.82, 2.24) is 4.90 Å². The number of amides is 1. The summed E-state index contributed by atoms with van der Waals surface area (Å²) in [6.45, 7) is 5.02. The van der Waals surface area contributed by atoms with Gasteiger partial charge < -0.3 is 4.90 Å². The number of aryl methyl sites for hydroxylation is 1. The fraction of sp³-hybridized carbons (Fsp3) is 0.462. The van der Waals surface area contributed by atoms with Crippen LogP contribution in [0.25, 0.3) is 0 Å². The Morgan fingerprint density at radius 3 is 2.88 bits per heavy atom. The maximum absolute atomic E-state index is 12.3.